The van der Waals surface area contributed by atoms with Crippen molar-refractivity contribution in [2.45, 2.75) is 26.7 Å². The van der Waals surface area contributed by atoms with Crippen LogP contribution >= 0.6 is 15.9 Å². The first-order valence-electron chi connectivity index (χ1n) is 9.51. The molecular weight excluding hydrogens is 418 g/mol. The van der Waals surface area contributed by atoms with Crippen LogP contribution in [0.5, 0.6) is 0 Å². The third-order valence-electron chi connectivity index (χ3n) is 5.26. The van der Waals surface area contributed by atoms with Gasteiger partial charge in [-0.3, -0.25) is 4.79 Å². The summed E-state index contributed by atoms with van der Waals surface area (Å²) in [5.74, 6) is 0.0532. The summed E-state index contributed by atoms with van der Waals surface area (Å²) in [5, 5.41) is 2.94. The number of anilines is 2. The zero-order chi connectivity index (χ0) is 20.3. The summed E-state index contributed by atoms with van der Waals surface area (Å²) in [6.07, 6.45) is 1.36. The van der Waals surface area contributed by atoms with Crippen LogP contribution in [0.2, 0.25) is 0 Å². The van der Waals surface area contributed by atoms with Crippen molar-refractivity contribution in [1.82, 2.24) is 4.90 Å². The Bertz CT molecular complexity index is 876. The Labute approximate surface area is 174 Å². The summed E-state index contributed by atoms with van der Waals surface area (Å²) < 4.78 is 1.03. The van der Waals surface area contributed by atoms with E-state index < -0.39 is 0 Å². The Balaban J connectivity index is 1.56. The molecular formula is C22H26BrN3O2. The van der Waals surface area contributed by atoms with Crippen molar-refractivity contribution in [3.05, 3.63) is 58.1 Å². The highest BCUT2D eigenvalue weighted by Crippen LogP contribution is 2.26. The molecule has 2 aromatic carbocycles. The van der Waals surface area contributed by atoms with Crippen LogP contribution in [-0.4, -0.2) is 37.0 Å². The van der Waals surface area contributed by atoms with Crippen LogP contribution in [0.15, 0.2) is 46.9 Å². The van der Waals surface area contributed by atoms with Gasteiger partial charge in [0, 0.05) is 41.9 Å². The Morgan fingerprint density at radius 1 is 1.11 bits per heavy atom. The number of halogens is 1. The van der Waals surface area contributed by atoms with E-state index in [1.54, 1.807) is 9.80 Å². The van der Waals surface area contributed by atoms with Gasteiger partial charge in [0.1, 0.15) is 0 Å². The molecule has 0 bridgehead atoms. The fourth-order valence-electron chi connectivity index (χ4n) is 3.49. The fourth-order valence-corrected chi connectivity index (χ4v) is 3.74. The Morgan fingerprint density at radius 2 is 1.82 bits per heavy atom. The molecule has 1 N–H and O–H groups in total. The normalized spacial score (nSPS) is 14.6. The lowest BCUT2D eigenvalue weighted by atomic mass is 9.95. The first-order chi connectivity index (χ1) is 13.3. The Hall–Kier alpha value is -2.34. The number of rotatable bonds is 3. The van der Waals surface area contributed by atoms with E-state index in [1.807, 2.05) is 63.4 Å². The SMILES string of the molecule is Cc1cccc(NC(=O)N2CCC(C(=O)N(C)c3ccc(Br)c(C)c3)CC2)c1. The molecule has 5 nitrogen and oxygen atoms in total. The number of piperidine rings is 1. The lowest BCUT2D eigenvalue weighted by molar-refractivity contribution is -0.123. The van der Waals surface area contributed by atoms with Crippen molar-refractivity contribution in [3.63, 3.8) is 0 Å². The molecule has 0 atom stereocenters. The number of benzene rings is 2. The molecule has 1 saturated heterocycles. The summed E-state index contributed by atoms with van der Waals surface area (Å²) in [5.41, 5.74) is 3.90. The molecule has 0 spiro atoms. The van der Waals surface area contributed by atoms with E-state index >= 15 is 0 Å². The molecule has 0 aliphatic carbocycles. The lowest BCUT2D eigenvalue weighted by Gasteiger charge is -2.33. The number of aryl methyl sites for hydroxylation is 2. The third-order valence-corrected chi connectivity index (χ3v) is 6.15. The summed E-state index contributed by atoms with van der Waals surface area (Å²) in [6, 6.07) is 13.6. The van der Waals surface area contributed by atoms with Crippen LogP contribution in [0, 0.1) is 19.8 Å². The second-order valence-electron chi connectivity index (χ2n) is 7.39. The molecule has 28 heavy (non-hydrogen) atoms. The minimum Gasteiger partial charge on any atom is -0.324 e. The topological polar surface area (TPSA) is 52.7 Å². The number of carbonyl (C=O) groups excluding carboxylic acids is 2. The third kappa shape index (κ3) is 4.73. The van der Waals surface area contributed by atoms with Crippen LogP contribution in [0.1, 0.15) is 24.0 Å². The molecule has 1 fully saturated rings. The molecule has 2 aromatic rings. The molecule has 6 heteroatoms. The monoisotopic (exact) mass is 443 g/mol. The Morgan fingerprint density at radius 3 is 2.46 bits per heavy atom. The van der Waals surface area contributed by atoms with E-state index in [0.717, 1.165) is 27.0 Å². The Kier molecular flexibility index (Phi) is 6.39. The zero-order valence-corrected chi connectivity index (χ0v) is 18.1. The minimum absolute atomic E-state index is 0.0584. The second kappa shape index (κ2) is 8.78. The quantitative estimate of drug-likeness (QED) is 0.727. The summed E-state index contributed by atoms with van der Waals surface area (Å²) in [4.78, 5) is 28.9. The molecule has 1 aliphatic heterocycles. The number of nitrogens with zero attached hydrogens (tertiary/aromatic N) is 2. The lowest BCUT2D eigenvalue weighted by Crippen LogP contribution is -2.45. The highest BCUT2D eigenvalue weighted by Gasteiger charge is 2.29. The van der Waals surface area contributed by atoms with Gasteiger partial charge >= 0.3 is 6.03 Å². The van der Waals surface area contributed by atoms with Crippen molar-refractivity contribution >= 4 is 39.2 Å². The largest absolute Gasteiger partial charge is 0.324 e. The van der Waals surface area contributed by atoms with Gasteiger partial charge in [0.2, 0.25) is 5.91 Å². The fraction of sp³-hybridized carbons (Fsp3) is 0.364. The van der Waals surface area contributed by atoms with Crippen LogP contribution in [0.4, 0.5) is 16.2 Å². The van der Waals surface area contributed by atoms with Crippen molar-refractivity contribution in [3.8, 4) is 0 Å². The standard InChI is InChI=1S/C22H26BrN3O2/c1-15-5-4-6-18(13-15)24-22(28)26-11-9-17(10-12-26)21(27)25(3)19-7-8-20(23)16(2)14-19/h4-8,13-14,17H,9-12H2,1-3H3,(H,24,28). The van der Waals surface area contributed by atoms with Crippen LogP contribution in [0.3, 0.4) is 0 Å². The van der Waals surface area contributed by atoms with Crippen molar-refractivity contribution in [2.75, 3.05) is 30.4 Å². The summed E-state index contributed by atoms with van der Waals surface area (Å²) >= 11 is 3.49. The summed E-state index contributed by atoms with van der Waals surface area (Å²) in [6.45, 7) is 5.18. The molecule has 0 unspecified atom stereocenters. The number of carbonyl (C=O) groups is 2. The van der Waals surface area contributed by atoms with Gasteiger partial charge in [-0.15, -0.1) is 0 Å². The highest BCUT2D eigenvalue weighted by molar-refractivity contribution is 9.10. The van der Waals surface area contributed by atoms with E-state index in [9.17, 15) is 9.59 Å². The first-order valence-corrected chi connectivity index (χ1v) is 10.3. The maximum atomic E-state index is 12.9. The van der Waals surface area contributed by atoms with Crippen molar-refractivity contribution in [2.24, 2.45) is 5.92 Å². The number of urea groups is 1. The van der Waals surface area contributed by atoms with Gasteiger partial charge in [-0.25, -0.2) is 4.79 Å². The van der Waals surface area contributed by atoms with Gasteiger partial charge in [-0.1, -0.05) is 28.1 Å². The minimum atomic E-state index is -0.103. The molecule has 1 aliphatic rings. The summed E-state index contributed by atoms with van der Waals surface area (Å²) in [7, 11) is 1.82. The van der Waals surface area contributed by atoms with Crippen LogP contribution in [0.25, 0.3) is 0 Å². The number of hydrogen-bond acceptors (Lipinski definition) is 2. The van der Waals surface area contributed by atoms with Gasteiger partial charge < -0.3 is 15.1 Å². The first kappa shape index (κ1) is 20.4. The zero-order valence-electron chi connectivity index (χ0n) is 16.5. The average molecular weight is 444 g/mol. The second-order valence-corrected chi connectivity index (χ2v) is 8.25. The number of nitrogens with one attached hydrogen (secondary N) is 1. The highest BCUT2D eigenvalue weighted by atomic mass is 79.9. The van der Waals surface area contributed by atoms with E-state index in [2.05, 4.69) is 21.2 Å². The molecule has 0 radical (unpaired) electrons. The molecule has 0 saturated carbocycles. The maximum absolute atomic E-state index is 12.9. The predicted molar refractivity (Wildman–Crippen MR) is 117 cm³/mol. The van der Waals surface area contributed by atoms with Crippen molar-refractivity contribution < 1.29 is 9.59 Å². The van der Waals surface area contributed by atoms with E-state index in [0.29, 0.717) is 25.9 Å². The number of amides is 3. The van der Waals surface area contributed by atoms with Gasteiger partial charge in [-0.05, 0) is 68.1 Å². The van der Waals surface area contributed by atoms with E-state index in [4.69, 9.17) is 0 Å². The smallest absolute Gasteiger partial charge is 0.321 e. The maximum Gasteiger partial charge on any atom is 0.321 e. The van der Waals surface area contributed by atoms with Crippen LogP contribution < -0.4 is 10.2 Å². The van der Waals surface area contributed by atoms with Gasteiger partial charge in [-0.2, -0.15) is 0 Å². The average Bonchev–Trinajstić information content (AvgIpc) is 2.69. The number of likely N-dealkylation sites (tertiary alicyclic amines) is 1. The van der Waals surface area contributed by atoms with Gasteiger partial charge in [0.25, 0.3) is 0 Å². The predicted octanol–water partition coefficient (Wildman–Crippen LogP) is 4.97. The molecule has 1 heterocycles. The van der Waals surface area contributed by atoms with Gasteiger partial charge in [0.15, 0.2) is 0 Å². The van der Waals surface area contributed by atoms with E-state index in [1.165, 1.54) is 0 Å². The molecule has 0 aromatic heterocycles. The molecule has 148 valence electrons. The van der Waals surface area contributed by atoms with Gasteiger partial charge in [0.05, 0.1) is 0 Å². The van der Waals surface area contributed by atoms with E-state index in [-0.39, 0.29) is 17.9 Å². The molecule has 3 rings (SSSR count). The number of hydrogen-bond donors (Lipinski definition) is 1. The molecule has 3 amide bonds. The van der Waals surface area contributed by atoms with Crippen molar-refractivity contribution in [1.29, 1.82) is 0 Å². The van der Waals surface area contributed by atoms with Crippen LogP contribution in [-0.2, 0) is 4.79 Å².